The van der Waals surface area contributed by atoms with Crippen molar-refractivity contribution in [1.29, 1.82) is 0 Å². The Bertz CT molecular complexity index is 1200. The van der Waals surface area contributed by atoms with Crippen molar-refractivity contribution >= 4 is 49.9 Å². The molecule has 0 N–H and O–H groups in total. The maximum atomic E-state index is 12.8. The lowest BCUT2D eigenvalue weighted by molar-refractivity contribution is -0.131. The maximum absolute atomic E-state index is 12.8. The van der Waals surface area contributed by atoms with E-state index in [1.165, 1.54) is 15.6 Å². The van der Waals surface area contributed by atoms with E-state index in [2.05, 4.69) is 4.98 Å². The molecule has 1 amide bonds. The summed E-state index contributed by atoms with van der Waals surface area (Å²) < 4.78 is 29.7. The topological polar surface area (TPSA) is 75.5 Å². The second kappa shape index (κ2) is 10.3. The molecule has 0 saturated heterocycles. The van der Waals surface area contributed by atoms with Crippen LogP contribution in [0.25, 0.3) is 11.0 Å². The monoisotopic (exact) mass is 496 g/mol. The van der Waals surface area contributed by atoms with Crippen LogP contribution in [-0.2, 0) is 34.8 Å². The Morgan fingerprint density at radius 1 is 1.12 bits per heavy atom. The van der Waals surface area contributed by atoms with Gasteiger partial charge in [-0.2, -0.15) is 4.31 Å². The first-order valence-corrected chi connectivity index (χ1v) is 13.3. The van der Waals surface area contributed by atoms with Gasteiger partial charge in [-0.25, -0.2) is 13.4 Å². The number of benzene rings is 1. The molecule has 0 bridgehead atoms. The van der Waals surface area contributed by atoms with Gasteiger partial charge in [0.2, 0.25) is 15.9 Å². The molecular formula is C22H29ClN4O3S2. The zero-order valence-electron chi connectivity index (χ0n) is 18.8. The Kier molecular flexibility index (Phi) is 7.97. The fourth-order valence-corrected chi connectivity index (χ4v) is 6.29. The summed E-state index contributed by atoms with van der Waals surface area (Å²) >= 11 is 7.48. The summed E-state index contributed by atoms with van der Waals surface area (Å²) in [7, 11) is -1.66. The van der Waals surface area contributed by atoms with E-state index in [0.29, 0.717) is 48.9 Å². The number of fused-ring (bicyclic) bond motifs is 1. The first kappa shape index (κ1) is 24.7. The molecule has 0 saturated carbocycles. The highest BCUT2D eigenvalue weighted by molar-refractivity contribution is 7.89. The Hall–Kier alpha value is -1.94. The molecular weight excluding hydrogens is 468 g/mol. The van der Waals surface area contributed by atoms with E-state index in [9.17, 15) is 13.2 Å². The van der Waals surface area contributed by atoms with Crippen molar-refractivity contribution in [3.63, 3.8) is 0 Å². The van der Waals surface area contributed by atoms with Gasteiger partial charge in [-0.1, -0.05) is 25.4 Å². The van der Waals surface area contributed by atoms with Crippen molar-refractivity contribution in [3.8, 4) is 0 Å². The van der Waals surface area contributed by atoms with Crippen molar-refractivity contribution in [2.24, 2.45) is 7.05 Å². The minimum atomic E-state index is -3.55. The Morgan fingerprint density at radius 2 is 1.84 bits per heavy atom. The van der Waals surface area contributed by atoms with Gasteiger partial charge in [0.1, 0.15) is 5.82 Å². The highest BCUT2D eigenvalue weighted by Crippen LogP contribution is 2.24. The number of rotatable bonds is 10. The van der Waals surface area contributed by atoms with Gasteiger partial charge in [-0.15, -0.1) is 11.3 Å². The standard InChI is InChI=1S/C22H29ClN4O3S2/c1-5-26(15-16-8-11-20(23)31-16)22(28)13-12-21-24-18-14-17(9-10-19(18)25(21)4)32(29,30)27(6-2)7-3/h8-11,14H,5-7,12-13,15H2,1-4H3. The summed E-state index contributed by atoms with van der Waals surface area (Å²) in [5.74, 6) is 0.801. The second-order valence-electron chi connectivity index (χ2n) is 7.44. The maximum Gasteiger partial charge on any atom is 0.243 e. The number of thiophene rings is 1. The minimum Gasteiger partial charge on any atom is -0.338 e. The Morgan fingerprint density at radius 3 is 2.44 bits per heavy atom. The van der Waals surface area contributed by atoms with Crippen LogP contribution in [-0.4, -0.2) is 52.7 Å². The molecule has 0 radical (unpaired) electrons. The van der Waals surface area contributed by atoms with Gasteiger partial charge in [0, 0.05) is 44.4 Å². The zero-order chi connectivity index (χ0) is 23.5. The summed E-state index contributed by atoms with van der Waals surface area (Å²) in [5.41, 5.74) is 1.45. The molecule has 0 unspecified atom stereocenters. The molecule has 7 nitrogen and oxygen atoms in total. The number of nitrogens with zero attached hydrogens (tertiary/aromatic N) is 4. The summed E-state index contributed by atoms with van der Waals surface area (Å²) in [6.07, 6.45) is 0.804. The van der Waals surface area contributed by atoms with Crippen LogP contribution in [0, 0.1) is 0 Å². The number of sulfonamides is 1. The molecule has 10 heteroatoms. The van der Waals surface area contributed by atoms with Crippen molar-refractivity contribution < 1.29 is 13.2 Å². The van der Waals surface area contributed by atoms with Gasteiger partial charge in [0.05, 0.1) is 26.8 Å². The summed E-state index contributed by atoms with van der Waals surface area (Å²) in [4.78, 5) is 20.5. The van der Waals surface area contributed by atoms with Crippen molar-refractivity contribution in [1.82, 2.24) is 18.8 Å². The van der Waals surface area contributed by atoms with Gasteiger partial charge in [-0.05, 0) is 37.3 Å². The predicted octanol–water partition coefficient (Wildman–Crippen LogP) is 4.30. The average Bonchev–Trinajstić information content (AvgIpc) is 3.33. The number of hydrogen-bond donors (Lipinski definition) is 0. The number of aryl methyl sites for hydroxylation is 2. The molecule has 3 aromatic rings. The van der Waals surface area contributed by atoms with Gasteiger partial charge >= 0.3 is 0 Å². The van der Waals surface area contributed by atoms with Gasteiger partial charge < -0.3 is 9.47 Å². The number of carbonyl (C=O) groups excluding carboxylic acids is 1. The summed E-state index contributed by atoms with van der Waals surface area (Å²) in [5, 5.41) is 0. The highest BCUT2D eigenvalue weighted by Gasteiger charge is 2.23. The number of halogens is 1. The SMILES string of the molecule is CCN(Cc1ccc(Cl)s1)C(=O)CCc1nc2cc(S(=O)(=O)N(CC)CC)ccc2n1C. The molecule has 2 aromatic heterocycles. The first-order valence-electron chi connectivity index (χ1n) is 10.7. The van der Waals surface area contributed by atoms with Crippen LogP contribution in [0.2, 0.25) is 4.34 Å². The fourth-order valence-electron chi connectivity index (χ4n) is 3.70. The third-order valence-corrected chi connectivity index (χ3v) is 8.82. The third kappa shape index (κ3) is 5.17. The third-order valence-electron chi connectivity index (χ3n) is 5.56. The van der Waals surface area contributed by atoms with Crippen molar-refractivity contribution in [2.75, 3.05) is 19.6 Å². The molecule has 174 valence electrons. The van der Waals surface area contributed by atoms with E-state index in [4.69, 9.17) is 11.6 Å². The van der Waals surface area contributed by atoms with E-state index in [1.54, 1.807) is 23.1 Å². The van der Waals surface area contributed by atoms with E-state index >= 15 is 0 Å². The minimum absolute atomic E-state index is 0.0499. The van der Waals surface area contributed by atoms with Gasteiger partial charge in [0.25, 0.3) is 0 Å². The normalized spacial score (nSPS) is 12.1. The number of aromatic nitrogens is 2. The first-order chi connectivity index (χ1) is 15.2. The van der Waals surface area contributed by atoms with Gasteiger partial charge in [0.15, 0.2) is 0 Å². The number of amides is 1. The summed E-state index contributed by atoms with van der Waals surface area (Å²) in [6, 6.07) is 8.81. The molecule has 0 fully saturated rings. The molecule has 3 rings (SSSR count). The molecule has 0 aliphatic rings. The van der Waals surface area contributed by atoms with E-state index in [1.807, 2.05) is 44.5 Å². The Labute approximate surface area is 198 Å². The van der Waals surface area contributed by atoms with E-state index < -0.39 is 10.0 Å². The van der Waals surface area contributed by atoms with E-state index in [-0.39, 0.29) is 10.8 Å². The average molecular weight is 497 g/mol. The number of carbonyl (C=O) groups is 1. The highest BCUT2D eigenvalue weighted by atomic mass is 35.5. The van der Waals surface area contributed by atoms with Crippen LogP contribution in [0.3, 0.4) is 0 Å². The fraction of sp³-hybridized carbons (Fsp3) is 0.455. The van der Waals surface area contributed by atoms with Gasteiger partial charge in [-0.3, -0.25) is 4.79 Å². The smallest absolute Gasteiger partial charge is 0.243 e. The quantitative estimate of drug-likeness (QED) is 0.419. The van der Waals surface area contributed by atoms with Crippen LogP contribution in [0.1, 0.15) is 37.9 Å². The lowest BCUT2D eigenvalue weighted by atomic mass is 10.2. The lowest BCUT2D eigenvalue weighted by Gasteiger charge is -2.20. The van der Waals surface area contributed by atoms with Crippen LogP contribution in [0.5, 0.6) is 0 Å². The second-order valence-corrected chi connectivity index (χ2v) is 11.2. The van der Waals surface area contributed by atoms with Crippen molar-refractivity contribution in [3.05, 3.63) is 45.4 Å². The molecule has 2 heterocycles. The van der Waals surface area contributed by atoms with Crippen LogP contribution in [0.4, 0.5) is 0 Å². The summed E-state index contributed by atoms with van der Waals surface area (Å²) in [6.45, 7) is 7.59. The molecule has 32 heavy (non-hydrogen) atoms. The largest absolute Gasteiger partial charge is 0.338 e. The lowest BCUT2D eigenvalue weighted by Crippen LogP contribution is -2.30. The number of hydrogen-bond acceptors (Lipinski definition) is 5. The zero-order valence-corrected chi connectivity index (χ0v) is 21.2. The Balaban J connectivity index is 1.76. The van der Waals surface area contributed by atoms with E-state index in [0.717, 1.165) is 16.2 Å². The predicted molar refractivity (Wildman–Crippen MR) is 130 cm³/mol. The number of imidazole rings is 1. The van der Waals surface area contributed by atoms with Crippen LogP contribution < -0.4 is 0 Å². The molecule has 0 atom stereocenters. The van der Waals surface area contributed by atoms with Crippen LogP contribution >= 0.6 is 22.9 Å². The molecule has 0 spiro atoms. The van der Waals surface area contributed by atoms with Crippen LogP contribution in [0.15, 0.2) is 35.2 Å². The molecule has 0 aliphatic heterocycles. The molecule has 0 aliphatic carbocycles. The molecule has 1 aromatic carbocycles. The van der Waals surface area contributed by atoms with Crippen molar-refractivity contribution in [2.45, 2.75) is 45.1 Å².